The number of amides is 1. The van der Waals surface area contributed by atoms with Crippen LogP contribution in [0.4, 0.5) is 0 Å². The Hall–Kier alpha value is -3.27. The SMILES string of the molecule is NC(=O)CO/N=C(\C(=O)O)c1nc2ccccc2n(C2C[C@H]3CCC[C@H](C2)N3C2C[C@@H]3CCC[C@@H](C2)C3)c1=O. The van der Waals surface area contributed by atoms with Crippen molar-refractivity contribution in [2.75, 3.05) is 6.61 Å². The predicted molar refractivity (Wildman–Crippen MR) is 145 cm³/mol. The van der Waals surface area contributed by atoms with Crippen molar-refractivity contribution in [1.29, 1.82) is 0 Å². The van der Waals surface area contributed by atoms with Crippen LogP contribution in [0.1, 0.15) is 82.4 Å². The quantitative estimate of drug-likeness (QED) is 0.410. The average molecular weight is 536 g/mol. The molecule has 39 heavy (non-hydrogen) atoms. The number of para-hydroxylation sites is 2. The van der Waals surface area contributed by atoms with Gasteiger partial charge in [0.25, 0.3) is 11.5 Å². The summed E-state index contributed by atoms with van der Waals surface area (Å²) >= 11 is 0. The number of carboxylic acid groups (broad SMARTS) is 1. The van der Waals surface area contributed by atoms with Gasteiger partial charge in [-0.1, -0.05) is 43.0 Å². The van der Waals surface area contributed by atoms with Gasteiger partial charge >= 0.3 is 5.97 Å². The minimum absolute atomic E-state index is 0.0691. The summed E-state index contributed by atoms with van der Waals surface area (Å²) in [7, 11) is 0. The van der Waals surface area contributed by atoms with Gasteiger partial charge < -0.3 is 20.2 Å². The Morgan fingerprint density at radius 1 is 0.949 bits per heavy atom. The molecule has 3 N–H and O–H groups in total. The number of aliphatic carboxylic acids is 1. The molecule has 0 radical (unpaired) electrons. The summed E-state index contributed by atoms with van der Waals surface area (Å²) < 4.78 is 1.75. The number of nitrogens with zero attached hydrogens (tertiary/aromatic N) is 4. The predicted octanol–water partition coefficient (Wildman–Crippen LogP) is 3.21. The van der Waals surface area contributed by atoms with Gasteiger partial charge in [-0.2, -0.15) is 0 Å². The molecule has 1 aromatic heterocycles. The number of carbonyl (C=O) groups excluding carboxylic acids is 1. The molecule has 1 amide bonds. The standard InChI is InChI=1S/C29H37N5O5/c30-25(35)16-39-32-27(29(37)38)26-28(36)34(24-10-2-1-9-23(24)31-26)22-14-19-7-4-8-20(15-22)33(19)21-12-17-5-3-6-18(11-17)13-21/h1-2,9-10,17-22H,3-8,11-16H2,(H2,30,35)(H,37,38)/b32-27-/t17-,18-,19-,20-/m1/s1. The molecule has 2 aliphatic carbocycles. The maximum absolute atomic E-state index is 14.0. The Bertz CT molecular complexity index is 1330. The molecule has 4 bridgehead atoms. The molecule has 0 unspecified atom stereocenters. The fourth-order valence-electron chi connectivity index (χ4n) is 8.15. The smallest absolute Gasteiger partial charge is 0.360 e. The highest BCUT2D eigenvalue weighted by atomic mass is 16.6. The number of rotatable bonds is 7. The molecule has 2 aliphatic heterocycles. The largest absolute Gasteiger partial charge is 0.476 e. The van der Waals surface area contributed by atoms with Crippen LogP contribution in [0.5, 0.6) is 0 Å². The monoisotopic (exact) mass is 535 g/mol. The molecule has 3 heterocycles. The number of fused-ring (bicyclic) bond motifs is 5. The first-order valence-electron chi connectivity index (χ1n) is 14.4. The Morgan fingerprint density at radius 3 is 2.28 bits per heavy atom. The van der Waals surface area contributed by atoms with Gasteiger partial charge in [-0.3, -0.25) is 14.5 Å². The van der Waals surface area contributed by atoms with Crippen LogP contribution in [0.15, 0.2) is 34.2 Å². The summed E-state index contributed by atoms with van der Waals surface area (Å²) in [4.78, 5) is 49.2. The van der Waals surface area contributed by atoms with E-state index in [2.05, 4.69) is 15.0 Å². The molecule has 10 nitrogen and oxygen atoms in total. The highest BCUT2D eigenvalue weighted by Crippen LogP contribution is 2.47. The van der Waals surface area contributed by atoms with E-state index in [0.29, 0.717) is 29.2 Å². The topological polar surface area (TPSA) is 140 Å². The van der Waals surface area contributed by atoms with Crippen LogP contribution in [-0.2, 0) is 14.4 Å². The highest BCUT2D eigenvalue weighted by molar-refractivity contribution is 6.41. The van der Waals surface area contributed by atoms with E-state index >= 15 is 0 Å². The molecule has 4 atom stereocenters. The normalized spacial score (nSPS) is 31.1. The first-order chi connectivity index (χ1) is 18.9. The fourth-order valence-corrected chi connectivity index (χ4v) is 8.15. The fraction of sp³-hybridized carbons (Fsp3) is 0.621. The van der Waals surface area contributed by atoms with E-state index in [-0.39, 0.29) is 11.7 Å². The number of hydrogen-bond donors (Lipinski definition) is 2. The molecular weight excluding hydrogens is 498 g/mol. The van der Waals surface area contributed by atoms with E-state index in [1.807, 2.05) is 18.2 Å². The third kappa shape index (κ3) is 5.06. The Labute approximate surface area is 227 Å². The number of nitrogens with two attached hydrogens (primary N) is 1. The summed E-state index contributed by atoms with van der Waals surface area (Å²) in [5.41, 5.74) is 4.87. The van der Waals surface area contributed by atoms with Crippen molar-refractivity contribution in [1.82, 2.24) is 14.5 Å². The second kappa shape index (κ2) is 10.7. The van der Waals surface area contributed by atoms with Gasteiger partial charge in [0.15, 0.2) is 12.3 Å². The lowest BCUT2D eigenvalue weighted by atomic mass is 9.68. The first kappa shape index (κ1) is 26.0. The molecule has 6 rings (SSSR count). The van der Waals surface area contributed by atoms with Crippen molar-refractivity contribution in [3.8, 4) is 0 Å². The van der Waals surface area contributed by atoms with Gasteiger partial charge in [-0.05, 0) is 68.9 Å². The van der Waals surface area contributed by atoms with Crippen LogP contribution in [0.3, 0.4) is 0 Å². The zero-order valence-corrected chi connectivity index (χ0v) is 22.2. The van der Waals surface area contributed by atoms with Gasteiger partial charge in [0.2, 0.25) is 5.71 Å². The lowest BCUT2D eigenvalue weighted by Gasteiger charge is -2.55. The summed E-state index contributed by atoms with van der Waals surface area (Å²) in [5, 5.41) is 13.4. The second-order valence-electron chi connectivity index (χ2n) is 11.9. The van der Waals surface area contributed by atoms with E-state index in [0.717, 1.165) is 37.5 Å². The number of hydrogen-bond acceptors (Lipinski definition) is 7. The third-order valence-electron chi connectivity index (χ3n) is 9.48. The van der Waals surface area contributed by atoms with Crippen LogP contribution in [0.25, 0.3) is 11.0 Å². The molecule has 2 saturated heterocycles. The third-order valence-corrected chi connectivity index (χ3v) is 9.48. The molecule has 4 aliphatic rings. The van der Waals surface area contributed by atoms with E-state index in [9.17, 15) is 19.5 Å². The number of carboxylic acids is 1. The Morgan fingerprint density at radius 2 is 1.62 bits per heavy atom. The molecule has 208 valence electrons. The summed E-state index contributed by atoms with van der Waals surface area (Å²) in [6.45, 7) is -0.594. The highest BCUT2D eigenvalue weighted by Gasteiger charge is 2.45. The molecule has 10 heteroatoms. The maximum atomic E-state index is 14.0. The number of carbonyl (C=O) groups is 2. The number of piperidine rings is 2. The summed E-state index contributed by atoms with van der Waals surface area (Å²) in [6, 6.07) is 8.74. The van der Waals surface area contributed by atoms with Crippen molar-refractivity contribution >= 4 is 28.6 Å². The van der Waals surface area contributed by atoms with Gasteiger partial charge in [0.05, 0.1) is 11.0 Å². The van der Waals surface area contributed by atoms with E-state index in [4.69, 9.17) is 10.6 Å². The van der Waals surface area contributed by atoms with Gasteiger partial charge in [0.1, 0.15) is 0 Å². The van der Waals surface area contributed by atoms with E-state index < -0.39 is 29.8 Å². The van der Waals surface area contributed by atoms with Crippen LogP contribution < -0.4 is 11.3 Å². The first-order valence-corrected chi connectivity index (χ1v) is 14.4. The average Bonchev–Trinajstić information content (AvgIpc) is 2.90. The van der Waals surface area contributed by atoms with Gasteiger partial charge in [-0.25, -0.2) is 9.78 Å². The van der Waals surface area contributed by atoms with Crippen LogP contribution >= 0.6 is 0 Å². The van der Waals surface area contributed by atoms with E-state index in [1.165, 1.54) is 44.9 Å². The number of oxime groups is 1. The van der Waals surface area contributed by atoms with Crippen molar-refractivity contribution in [2.24, 2.45) is 22.7 Å². The minimum Gasteiger partial charge on any atom is -0.476 e. The van der Waals surface area contributed by atoms with E-state index in [1.54, 1.807) is 10.6 Å². The Kier molecular flexibility index (Phi) is 7.14. The molecule has 0 spiro atoms. The van der Waals surface area contributed by atoms with Crippen molar-refractivity contribution in [3.05, 3.63) is 40.3 Å². The summed E-state index contributed by atoms with van der Waals surface area (Å²) in [5.74, 6) is -0.533. The lowest BCUT2D eigenvalue weighted by molar-refractivity contribution is -0.130. The van der Waals surface area contributed by atoms with Crippen LogP contribution in [0.2, 0.25) is 0 Å². The lowest BCUT2D eigenvalue weighted by Crippen LogP contribution is -2.58. The maximum Gasteiger partial charge on any atom is 0.360 e. The summed E-state index contributed by atoms with van der Waals surface area (Å²) in [6.07, 6.45) is 13.3. The second-order valence-corrected chi connectivity index (χ2v) is 11.9. The molecule has 1 aromatic carbocycles. The molecule has 4 fully saturated rings. The minimum atomic E-state index is -1.46. The number of primary amides is 1. The number of aromatic nitrogens is 2. The Balaban J connectivity index is 1.35. The van der Waals surface area contributed by atoms with Crippen molar-refractivity contribution in [2.45, 2.75) is 94.8 Å². The van der Waals surface area contributed by atoms with Crippen molar-refractivity contribution in [3.63, 3.8) is 0 Å². The molecule has 2 aromatic rings. The van der Waals surface area contributed by atoms with Gasteiger partial charge in [0, 0.05) is 24.2 Å². The molecular formula is C29H37N5O5. The number of benzene rings is 1. The zero-order chi connectivity index (χ0) is 27.1. The van der Waals surface area contributed by atoms with Crippen LogP contribution in [0, 0.1) is 11.8 Å². The zero-order valence-electron chi connectivity index (χ0n) is 22.2. The van der Waals surface area contributed by atoms with Crippen molar-refractivity contribution < 1.29 is 19.5 Å². The van der Waals surface area contributed by atoms with Crippen LogP contribution in [-0.4, -0.2) is 61.9 Å². The van der Waals surface area contributed by atoms with Gasteiger partial charge in [-0.15, -0.1) is 0 Å². The molecule has 2 saturated carbocycles.